The topological polar surface area (TPSA) is 52.4 Å². The van der Waals surface area contributed by atoms with Crippen LogP contribution in [0.15, 0.2) is 55.1 Å². The minimum atomic E-state index is 0.0200. The minimum Gasteiger partial charge on any atom is -0.497 e. The number of carbonyl (C=O) groups is 1. The molecule has 0 saturated carbocycles. The number of nitrogens with zero attached hydrogens (tertiary/aromatic N) is 1. The van der Waals surface area contributed by atoms with Gasteiger partial charge in [0.05, 0.1) is 27.3 Å². The van der Waals surface area contributed by atoms with Crippen LogP contribution in [0.3, 0.4) is 0 Å². The Bertz CT molecular complexity index is 882. The fraction of sp³-hybridized carbons (Fsp3) is 0.400. The molecule has 1 N–H and O–H groups in total. The molecule has 2 aromatic rings. The van der Waals surface area contributed by atoms with Gasteiger partial charge >= 0.3 is 0 Å². The van der Waals surface area contributed by atoms with Gasteiger partial charge in [0, 0.05) is 17.7 Å². The maximum absolute atomic E-state index is 13.2. The van der Waals surface area contributed by atoms with Gasteiger partial charge in [-0.1, -0.05) is 12.7 Å². The smallest absolute Gasteiger partial charge is 0.278 e. The van der Waals surface area contributed by atoms with Crippen LogP contribution in [0.25, 0.3) is 0 Å². The Morgan fingerprint density at radius 3 is 2.58 bits per heavy atom. The lowest BCUT2D eigenvalue weighted by molar-refractivity contribution is -0.885. The number of carbonyl (C=O) groups excluding carboxylic acids is 1. The van der Waals surface area contributed by atoms with Crippen LogP contribution < -0.4 is 19.1 Å². The zero-order chi connectivity index (χ0) is 22.2. The lowest BCUT2D eigenvalue weighted by Crippen LogP contribution is -3.08. The van der Waals surface area contributed by atoms with Crippen molar-refractivity contribution in [1.29, 1.82) is 0 Å². The third-order valence-electron chi connectivity index (χ3n) is 5.62. The van der Waals surface area contributed by atoms with Gasteiger partial charge in [0.2, 0.25) is 0 Å². The van der Waals surface area contributed by atoms with E-state index in [9.17, 15) is 4.79 Å². The summed E-state index contributed by atoms with van der Waals surface area (Å²) in [6, 6.07) is 13.8. The zero-order valence-corrected chi connectivity index (χ0v) is 18.7. The van der Waals surface area contributed by atoms with Crippen molar-refractivity contribution in [2.75, 3.05) is 41.0 Å². The summed E-state index contributed by atoms with van der Waals surface area (Å²) in [7, 11) is 5.37. The number of benzene rings is 2. The number of rotatable bonds is 10. The molecule has 2 atom stereocenters. The maximum atomic E-state index is 13.2. The first-order valence-corrected chi connectivity index (χ1v) is 10.7. The van der Waals surface area contributed by atoms with Gasteiger partial charge in [0.15, 0.2) is 6.54 Å². The van der Waals surface area contributed by atoms with Crippen LogP contribution in [0.5, 0.6) is 17.2 Å². The molecule has 2 aromatic carbocycles. The second-order valence-electron chi connectivity index (χ2n) is 7.91. The molecule has 0 aliphatic carbocycles. The summed E-state index contributed by atoms with van der Waals surface area (Å²) in [5.41, 5.74) is 2.18. The van der Waals surface area contributed by atoms with Gasteiger partial charge in [-0.15, -0.1) is 0 Å². The normalized spacial score (nSPS) is 16.6. The molecule has 1 aliphatic rings. The molecule has 3 rings (SSSR count). The Balaban J connectivity index is 1.63. The summed E-state index contributed by atoms with van der Waals surface area (Å²) in [6.07, 6.45) is 3.65. The molecule has 1 amide bonds. The van der Waals surface area contributed by atoms with Gasteiger partial charge < -0.3 is 24.0 Å². The zero-order valence-electron chi connectivity index (χ0n) is 18.7. The Kier molecular flexibility index (Phi) is 7.95. The van der Waals surface area contributed by atoms with Crippen molar-refractivity contribution in [1.82, 2.24) is 4.90 Å². The number of amides is 1. The fourth-order valence-corrected chi connectivity index (χ4v) is 4.12. The van der Waals surface area contributed by atoms with E-state index in [-0.39, 0.29) is 11.9 Å². The van der Waals surface area contributed by atoms with Gasteiger partial charge in [-0.25, -0.2) is 0 Å². The summed E-state index contributed by atoms with van der Waals surface area (Å²) in [5.74, 6) is 2.56. The van der Waals surface area contributed by atoms with E-state index in [2.05, 4.69) is 13.6 Å². The minimum absolute atomic E-state index is 0.0200. The molecule has 1 heterocycles. The van der Waals surface area contributed by atoms with Crippen molar-refractivity contribution in [3.8, 4) is 17.2 Å². The second kappa shape index (κ2) is 10.9. The van der Waals surface area contributed by atoms with Crippen molar-refractivity contribution in [2.24, 2.45) is 0 Å². The van der Waals surface area contributed by atoms with Crippen LogP contribution in [-0.2, 0) is 11.3 Å². The fourth-order valence-electron chi connectivity index (χ4n) is 4.12. The first-order valence-electron chi connectivity index (χ1n) is 10.7. The molecule has 1 unspecified atom stereocenters. The SMILES string of the molecule is C=CCOc1ccc(C[NH+](C)CC(=O)N2CCC[C@@H]2c2cc(OC)ccc2OC)cc1. The molecule has 0 aromatic heterocycles. The number of methoxy groups -OCH3 is 2. The van der Waals surface area contributed by atoms with Crippen molar-refractivity contribution in [3.05, 3.63) is 66.2 Å². The molecule has 1 aliphatic heterocycles. The summed E-state index contributed by atoms with van der Waals surface area (Å²) in [5, 5.41) is 0. The summed E-state index contributed by atoms with van der Waals surface area (Å²) in [4.78, 5) is 16.3. The lowest BCUT2D eigenvalue weighted by atomic mass is 10.0. The monoisotopic (exact) mass is 425 g/mol. The summed E-state index contributed by atoms with van der Waals surface area (Å²) >= 11 is 0. The first-order chi connectivity index (χ1) is 15.0. The van der Waals surface area contributed by atoms with E-state index in [0.717, 1.165) is 53.6 Å². The number of quaternary nitrogens is 1. The van der Waals surface area contributed by atoms with Gasteiger partial charge in [-0.2, -0.15) is 0 Å². The Hall–Kier alpha value is -2.99. The molecule has 6 heteroatoms. The predicted molar refractivity (Wildman–Crippen MR) is 121 cm³/mol. The average molecular weight is 426 g/mol. The highest BCUT2D eigenvalue weighted by Crippen LogP contribution is 2.38. The molecule has 0 radical (unpaired) electrons. The second-order valence-corrected chi connectivity index (χ2v) is 7.91. The number of ether oxygens (including phenoxy) is 3. The number of hydrogen-bond donors (Lipinski definition) is 1. The van der Waals surface area contributed by atoms with Crippen LogP contribution in [0, 0.1) is 0 Å². The van der Waals surface area contributed by atoms with E-state index in [1.807, 2.05) is 47.4 Å². The highest BCUT2D eigenvalue weighted by atomic mass is 16.5. The quantitative estimate of drug-likeness (QED) is 0.595. The molecule has 1 saturated heterocycles. The Labute approximate surface area is 185 Å². The van der Waals surface area contributed by atoms with Crippen molar-refractivity contribution < 1.29 is 23.9 Å². The van der Waals surface area contributed by atoms with Crippen molar-refractivity contribution in [2.45, 2.75) is 25.4 Å². The number of hydrogen-bond acceptors (Lipinski definition) is 4. The number of likely N-dealkylation sites (tertiary alicyclic amines) is 1. The van der Waals surface area contributed by atoms with Gasteiger partial charge in [-0.05, 0) is 55.3 Å². The van der Waals surface area contributed by atoms with Gasteiger partial charge in [-0.3, -0.25) is 4.79 Å². The standard InChI is InChI=1S/C25H32N2O4/c1-5-15-31-20-10-8-19(9-11-20)17-26(2)18-25(28)27-14-6-7-23(27)22-16-21(29-3)12-13-24(22)30-4/h5,8-13,16,23H,1,6-7,14-15,17-18H2,2-4H3/p+1/t23-/m1/s1. The van der Waals surface area contributed by atoms with E-state index in [1.165, 1.54) is 5.56 Å². The van der Waals surface area contributed by atoms with E-state index in [0.29, 0.717) is 13.2 Å². The molecule has 0 bridgehead atoms. The molecular weight excluding hydrogens is 392 g/mol. The van der Waals surface area contributed by atoms with Crippen molar-refractivity contribution in [3.63, 3.8) is 0 Å². The molecule has 6 nitrogen and oxygen atoms in total. The van der Waals surface area contributed by atoms with Gasteiger partial charge in [0.25, 0.3) is 5.91 Å². The third kappa shape index (κ3) is 5.79. The lowest BCUT2D eigenvalue weighted by Gasteiger charge is -2.27. The maximum Gasteiger partial charge on any atom is 0.278 e. The van der Waals surface area contributed by atoms with Crippen LogP contribution in [0.1, 0.15) is 30.0 Å². The van der Waals surface area contributed by atoms with Gasteiger partial charge in [0.1, 0.15) is 30.4 Å². The summed E-state index contributed by atoms with van der Waals surface area (Å²) < 4.78 is 16.5. The highest BCUT2D eigenvalue weighted by Gasteiger charge is 2.33. The van der Waals surface area contributed by atoms with Crippen LogP contribution in [0.2, 0.25) is 0 Å². The molecule has 31 heavy (non-hydrogen) atoms. The molecule has 166 valence electrons. The Morgan fingerprint density at radius 2 is 1.90 bits per heavy atom. The van der Waals surface area contributed by atoms with E-state index in [4.69, 9.17) is 14.2 Å². The summed E-state index contributed by atoms with van der Waals surface area (Å²) in [6.45, 7) is 6.14. The van der Waals surface area contributed by atoms with E-state index in [1.54, 1.807) is 20.3 Å². The third-order valence-corrected chi connectivity index (χ3v) is 5.62. The van der Waals surface area contributed by atoms with Crippen LogP contribution in [0.4, 0.5) is 0 Å². The number of likely N-dealkylation sites (N-methyl/N-ethyl adjacent to an activating group) is 1. The predicted octanol–water partition coefficient (Wildman–Crippen LogP) is 2.65. The molecule has 1 fully saturated rings. The van der Waals surface area contributed by atoms with E-state index < -0.39 is 0 Å². The molecular formula is C25H33N2O4+. The van der Waals surface area contributed by atoms with E-state index >= 15 is 0 Å². The Morgan fingerprint density at radius 1 is 1.16 bits per heavy atom. The van der Waals surface area contributed by atoms with Crippen LogP contribution in [-0.4, -0.2) is 51.8 Å². The largest absolute Gasteiger partial charge is 0.497 e. The number of nitrogens with one attached hydrogen (secondary N) is 1. The van der Waals surface area contributed by atoms with Crippen LogP contribution >= 0.6 is 0 Å². The molecule has 0 spiro atoms. The average Bonchev–Trinajstić information content (AvgIpc) is 3.28. The van der Waals surface area contributed by atoms with Crippen molar-refractivity contribution >= 4 is 5.91 Å². The first kappa shape index (κ1) is 22.7. The highest BCUT2D eigenvalue weighted by molar-refractivity contribution is 5.78.